The Labute approximate surface area is 178 Å². The Morgan fingerprint density at radius 2 is 2.00 bits per heavy atom. The number of hydrogen-bond donors (Lipinski definition) is 2. The summed E-state index contributed by atoms with van der Waals surface area (Å²) in [6, 6.07) is 12.7. The molecule has 1 aromatic heterocycles. The van der Waals surface area contributed by atoms with Crippen LogP contribution in [0.15, 0.2) is 46.8 Å². The van der Waals surface area contributed by atoms with E-state index in [0.29, 0.717) is 19.1 Å². The average Bonchev–Trinajstić information content (AvgIpc) is 3.11. The molecule has 0 radical (unpaired) electrons. The zero-order valence-electron chi connectivity index (χ0n) is 15.8. The van der Waals surface area contributed by atoms with Crippen LogP contribution >= 0.6 is 35.3 Å². The predicted molar refractivity (Wildman–Crippen MR) is 123 cm³/mol. The quantitative estimate of drug-likeness (QED) is 0.312. The molecule has 2 aromatic rings. The predicted octanol–water partition coefficient (Wildman–Crippen LogP) is 4.45. The minimum Gasteiger partial charge on any atom is -0.380 e. The number of rotatable bonds is 9. The fraction of sp³-hybridized carbons (Fsp3) is 0.450. The highest BCUT2D eigenvalue weighted by atomic mass is 127. The zero-order chi connectivity index (χ0) is 17.9. The van der Waals surface area contributed by atoms with Gasteiger partial charge in [-0.15, -0.1) is 35.3 Å². The molecule has 1 atom stereocenters. The summed E-state index contributed by atoms with van der Waals surface area (Å²) in [5.41, 5.74) is 2.37. The molecule has 2 rings (SSSR count). The van der Waals surface area contributed by atoms with Crippen LogP contribution in [0.3, 0.4) is 0 Å². The third kappa shape index (κ3) is 8.51. The lowest BCUT2D eigenvalue weighted by Gasteiger charge is -2.15. The fourth-order valence-corrected chi connectivity index (χ4v) is 3.48. The summed E-state index contributed by atoms with van der Waals surface area (Å²) in [5, 5.41) is 8.92. The van der Waals surface area contributed by atoms with Crippen molar-refractivity contribution >= 4 is 41.3 Å². The first-order valence-electron chi connectivity index (χ1n) is 8.82. The van der Waals surface area contributed by atoms with Gasteiger partial charge in [-0.2, -0.15) is 0 Å². The molecule has 6 heteroatoms. The van der Waals surface area contributed by atoms with Crippen molar-refractivity contribution in [2.24, 2.45) is 10.9 Å². The van der Waals surface area contributed by atoms with E-state index >= 15 is 0 Å². The molecular weight excluding hydrogens is 457 g/mol. The van der Waals surface area contributed by atoms with Crippen LogP contribution in [0.4, 0.5) is 0 Å². The van der Waals surface area contributed by atoms with Crippen LogP contribution in [0.5, 0.6) is 0 Å². The first-order chi connectivity index (χ1) is 12.2. The summed E-state index contributed by atoms with van der Waals surface area (Å²) >= 11 is 1.82. The SMILES string of the molecule is CCNC(=NCc1cccc(COC)c1)NCC(C)Cc1cccs1.I. The first-order valence-corrected chi connectivity index (χ1v) is 9.70. The van der Waals surface area contributed by atoms with Crippen LogP contribution in [0.1, 0.15) is 29.9 Å². The number of methoxy groups -OCH3 is 1. The van der Waals surface area contributed by atoms with Crippen molar-refractivity contribution in [2.75, 3.05) is 20.2 Å². The van der Waals surface area contributed by atoms with E-state index in [-0.39, 0.29) is 24.0 Å². The lowest BCUT2D eigenvalue weighted by Crippen LogP contribution is -2.39. The summed E-state index contributed by atoms with van der Waals surface area (Å²) in [4.78, 5) is 6.15. The van der Waals surface area contributed by atoms with Gasteiger partial charge in [0.2, 0.25) is 0 Å². The van der Waals surface area contributed by atoms with Gasteiger partial charge in [0.25, 0.3) is 0 Å². The van der Waals surface area contributed by atoms with Crippen molar-refractivity contribution in [3.8, 4) is 0 Å². The maximum absolute atomic E-state index is 5.20. The van der Waals surface area contributed by atoms with Crippen molar-refractivity contribution in [1.82, 2.24) is 10.6 Å². The highest BCUT2D eigenvalue weighted by molar-refractivity contribution is 14.0. The van der Waals surface area contributed by atoms with E-state index in [2.05, 4.69) is 66.3 Å². The molecule has 0 aliphatic carbocycles. The third-order valence-corrected chi connectivity index (χ3v) is 4.71. The minimum atomic E-state index is 0. The molecule has 0 saturated carbocycles. The van der Waals surface area contributed by atoms with Crippen LogP contribution in [-0.4, -0.2) is 26.2 Å². The van der Waals surface area contributed by atoms with E-state index in [1.54, 1.807) is 7.11 Å². The Morgan fingerprint density at radius 1 is 1.19 bits per heavy atom. The summed E-state index contributed by atoms with van der Waals surface area (Å²) in [6.07, 6.45) is 1.10. The molecule has 144 valence electrons. The number of ether oxygens (including phenoxy) is 1. The highest BCUT2D eigenvalue weighted by Gasteiger charge is 2.06. The van der Waals surface area contributed by atoms with E-state index in [1.165, 1.54) is 16.0 Å². The Kier molecular flexibility index (Phi) is 11.6. The van der Waals surface area contributed by atoms with Crippen molar-refractivity contribution in [3.05, 3.63) is 57.8 Å². The topological polar surface area (TPSA) is 45.7 Å². The molecule has 0 bridgehead atoms. The van der Waals surface area contributed by atoms with Crippen LogP contribution in [0.25, 0.3) is 0 Å². The Bertz CT molecular complexity index is 646. The molecule has 1 heterocycles. The Balaban J connectivity index is 0.00000338. The van der Waals surface area contributed by atoms with Crippen LogP contribution in [0, 0.1) is 5.92 Å². The molecule has 2 N–H and O–H groups in total. The molecule has 0 aliphatic heterocycles. The number of hydrogen-bond acceptors (Lipinski definition) is 3. The van der Waals surface area contributed by atoms with Gasteiger partial charge in [0.15, 0.2) is 5.96 Å². The maximum atomic E-state index is 5.20. The largest absolute Gasteiger partial charge is 0.380 e. The van der Waals surface area contributed by atoms with E-state index in [4.69, 9.17) is 9.73 Å². The average molecular weight is 487 g/mol. The monoisotopic (exact) mass is 487 g/mol. The molecule has 4 nitrogen and oxygen atoms in total. The molecule has 1 unspecified atom stereocenters. The second kappa shape index (κ2) is 13.1. The number of nitrogens with one attached hydrogen (secondary N) is 2. The molecule has 0 saturated heterocycles. The molecular formula is C20H30IN3OS. The van der Waals surface area contributed by atoms with Gasteiger partial charge < -0.3 is 15.4 Å². The fourth-order valence-electron chi connectivity index (χ4n) is 2.61. The summed E-state index contributed by atoms with van der Waals surface area (Å²) in [5.74, 6) is 1.44. The molecule has 0 spiro atoms. The van der Waals surface area contributed by atoms with E-state index in [9.17, 15) is 0 Å². The first kappa shape index (κ1) is 22.9. The summed E-state index contributed by atoms with van der Waals surface area (Å²) in [6.45, 7) is 7.42. The smallest absolute Gasteiger partial charge is 0.191 e. The number of benzene rings is 1. The van der Waals surface area contributed by atoms with Crippen molar-refractivity contribution < 1.29 is 4.74 Å². The van der Waals surface area contributed by atoms with Gasteiger partial charge in [-0.1, -0.05) is 37.3 Å². The van der Waals surface area contributed by atoms with Gasteiger partial charge in [0.05, 0.1) is 13.2 Å². The Hall–Kier alpha value is -1.12. The van der Waals surface area contributed by atoms with Crippen LogP contribution in [0.2, 0.25) is 0 Å². The van der Waals surface area contributed by atoms with Crippen LogP contribution < -0.4 is 10.6 Å². The number of guanidine groups is 1. The van der Waals surface area contributed by atoms with E-state index in [1.807, 2.05) is 11.3 Å². The number of halogens is 1. The van der Waals surface area contributed by atoms with Gasteiger partial charge in [-0.05, 0) is 41.8 Å². The van der Waals surface area contributed by atoms with Crippen molar-refractivity contribution in [1.29, 1.82) is 0 Å². The molecule has 0 aliphatic rings. The highest BCUT2D eigenvalue weighted by Crippen LogP contribution is 2.13. The standard InChI is InChI=1S/C20H29N3OS.HI/c1-4-21-20(22-13-16(2)11-19-9-6-10-25-19)23-14-17-7-5-8-18(12-17)15-24-3;/h5-10,12,16H,4,11,13-15H2,1-3H3,(H2,21,22,23);1H. The Morgan fingerprint density at radius 3 is 2.69 bits per heavy atom. The number of thiophene rings is 1. The normalized spacial score (nSPS) is 12.3. The van der Waals surface area contributed by atoms with Crippen molar-refractivity contribution in [3.63, 3.8) is 0 Å². The van der Waals surface area contributed by atoms with Crippen LogP contribution in [-0.2, 0) is 24.3 Å². The number of aliphatic imine (C=N–C) groups is 1. The lowest BCUT2D eigenvalue weighted by atomic mass is 10.1. The van der Waals surface area contributed by atoms with Gasteiger partial charge >= 0.3 is 0 Å². The van der Waals surface area contributed by atoms with E-state index in [0.717, 1.165) is 25.5 Å². The van der Waals surface area contributed by atoms with Gasteiger partial charge in [-0.25, -0.2) is 4.99 Å². The van der Waals surface area contributed by atoms with E-state index < -0.39 is 0 Å². The molecule has 0 fully saturated rings. The molecule has 1 aromatic carbocycles. The minimum absolute atomic E-state index is 0. The van der Waals surface area contributed by atoms with Gasteiger partial charge in [0, 0.05) is 25.1 Å². The number of nitrogens with zero attached hydrogens (tertiary/aromatic N) is 1. The second-order valence-electron chi connectivity index (χ2n) is 6.22. The van der Waals surface area contributed by atoms with Gasteiger partial charge in [0.1, 0.15) is 0 Å². The van der Waals surface area contributed by atoms with Crippen molar-refractivity contribution in [2.45, 2.75) is 33.4 Å². The zero-order valence-corrected chi connectivity index (χ0v) is 19.0. The third-order valence-electron chi connectivity index (χ3n) is 3.81. The summed E-state index contributed by atoms with van der Waals surface area (Å²) < 4.78 is 5.20. The van der Waals surface area contributed by atoms with Gasteiger partial charge in [-0.3, -0.25) is 0 Å². The second-order valence-corrected chi connectivity index (χ2v) is 7.25. The lowest BCUT2D eigenvalue weighted by molar-refractivity contribution is 0.185. The summed E-state index contributed by atoms with van der Waals surface area (Å²) in [7, 11) is 1.72. The molecule has 0 amide bonds. The molecule has 26 heavy (non-hydrogen) atoms. The maximum Gasteiger partial charge on any atom is 0.191 e.